The first-order chi connectivity index (χ1) is 8.11. The summed E-state index contributed by atoms with van der Waals surface area (Å²) in [5.41, 5.74) is -4.12. The molecule has 0 aliphatic heterocycles. The van der Waals surface area contributed by atoms with Crippen molar-refractivity contribution in [2.75, 3.05) is 0 Å². The summed E-state index contributed by atoms with van der Waals surface area (Å²) in [6, 6.07) is 0.218. The Kier molecular flexibility index (Phi) is 3.58. The van der Waals surface area contributed by atoms with Gasteiger partial charge in [-0.1, -0.05) is 0 Å². The fraction of sp³-hybridized carbons (Fsp3) is 0.250. The van der Waals surface area contributed by atoms with E-state index in [1.165, 1.54) is 4.98 Å². The van der Waals surface area contributed by atoms with Crippen molar-refractivity contribution in [3.8, 4) is 5.75 Å². The molecular weight excluding hydrogens is 269 g/mol. The van der Waals surface area contributed by atoms with Crippen LogP contribution in [0.2, 0.25) is 0 Å². The van der Waals surface area contributed by atoms with Crippen LogP contribution in [-0.4, -0.2) is 22.4 Å². The van der Waals surface area contributed by atoms with Crippen molar-refractivity contribution in [1.82, 2.24) is 4.98 Å². The van der Waals surface area contributed by atoms with Gasteiger partial charge in [0.1, 0.15) is 11.4 Å². The maximum Gasteiger partial charge on any atom is 0.573 e. The molecule has 0 atom stereocenters. The summed E-state index contributed by atoms with van der Waals surface area (Å²) >= 11 is 0. The van der Waals surface area contributed by atoms with Gasteiger partial charge in [-0.05, 0) is 0 Å². The Balaban J connectivity index is 3.42. The van der Waals surface area contributed by atoms with E-state index in [0.717, 1.165) is 0 Å². The highest BCUT2D eigenvalue weighted by molar-refractivity contribution is 5.85. The number of aromatic carboxylic acids is 1. The zero-order valence-corrected chi connectivity index (χ0v) is 8.22. The molecule has 0 fully saturated rings. The third-order valence-electron chi connectivity index (χ3n) is 1.68. The quantitative estimate of drug-likeness (QED) is 0.824. The van der Waals surface area contributed by atoms with Crippen molar-refractivity contribution in [2.24, 2.45) is 0 Å². The first kappa shape index (κ1) is 13.9. The number of pyridine rings is 1. The van der Waals surface area contributed by atoms with Crippen LogP contribution in [-0.2, 0) is 0 Å². The number of carboxylic acid groups (broad SMARTS) is 1. The molecule has 0 amide bonds. The second kappa shape index (κ2) is 4.63. The van der Waals surface area contributed by atoms with E-state index < -0.39 is 41.3 Å². The molecule has 0 aliphatic rings. The average molecular weight is 273 g/mol. The zero-order valence-electron chi connectivity index (χ0n) is 8.22. The number of carbonyl (C=O) groups is 1. The van der Waals surface area contributed by atoms with Gasteiger partial charge in [0.15, 0.2) is 0 Å². The van der Waals surface area contributed by atoms with Crippen molar-refractivity contribution >= 4 is 5.97 Å². The van der Waals surface area contributed by atoms with Gasteiger partial charge in [0.05, 0.1) is 0 Å². The lowest BCUT2D eigenvalue weighted by molar-refractivity contribution is -0.275. The van der Waals surface area contributed by atoms with Crippen molar-refractivity contribution < 1.29 is 36.6 Å². The molecule has 100 valence electrons. The Labute approximate surface area is 94.8 Å². The molecule has 0 radical (unpaired) electrons. The van der Waals surface area contributed by atoms with Crippen LogP contribution in [0.5, 0.6) is 5.75 Å². The summed E-state index contributed by atoms with van der Waals surface area (Å²) in [6.45, 7) is 0. The van der Waals surface area contributed by atoms with Gasteiger partial charge >= 0.3 is 12.3 Å². The minimum Gasteiger partial charge on any atom is -0.477 e. The van der Waals surface area contributed by atoms with Gasteiger partial charge in [0.2, 0.25) is 11.2 Å². The van der Waals surface area contributed by atoms with Gasteiger partial charge in [0.25, 0.3) is 6.43 Å². The third-order valence-corrected chi connectivity index (χ3v) is 1.68. The monoisotopic (exact) mass is 273 g/mol. The van der Waals surface area contributed by atoms with Crippen LogP contribution in [0.25, 0.3) is 0 Å². The number of H-pyrrole nitrogens is 1. The second-order valence-electron chi connectivity index (χ2n) is 2.94. The lowest BCUT2D eigenvalue weighted by Crippen LogP contribution is -2.24. The largest absolute Gasteiger partial charge is 0.573 e. The SMILES string of the molecule is O=C(O)c1cc(=O)c(OC(F)(F)F)c(C(F)F)[nH]1. The number of aromatic nitrogens is 1. The van der Waals surface area contributed by atoms with E-state index in [4.69, 9.17) is 5.11 Å². The van der Waals surface area contributed by atoms with E-state index in [9.17, 15) is 31.5 Å². The highest BCUT2D eigenvalue weighted by Crippen LogP contribution is 2.28. The van der Waals surface area contributed by atoms with E-state index in [0.29, 0.717) is 0 Å². The molecule has 1 heterocycles. The maximum absolute atomic E-state index is 12.4. The number of halogens is 5. The van der Waals surface area contributed by atoms with E-state index in [1.54, 1.807) is 0 Å². The van der Waals surface area contributed by atoms with E-state index in [-0.39, 0.29) is 6.07 Å². The normalized spacial score (nSPS) is 11.7. The summed E-state index contributed by atoms with van der Waals surface area (Å²) < 4.78 is 63.6. The molecule has 5 nitrogen and oxygen atoms in total. The van der Waals surface area contributed by atoms with Crippen LogP contribution >= 0.6 is 0 Å². The minimum absolute atomic E-state index is 0.218. The Morgan fingerprint density at radius 3 is 2.33 bits per heavy atom. The standard InChI is InChI=1S/C8H4F5NO4/c9-6(10)4-5(18-8(11,12)13)3(15)1-2(14-4)7(16)17/h1,6H,(H,14,15)(H,16,17). The number of rotatable bonds is 3. The molecule has 0 bridgehead atoms. The van der Waals surface area contributed by atoms with Crippen LogP contribution in [0.15, 0.2) is 10.9 Å². The topological polar surface area (TPSA) is 79.4 Å². The van der Waals surface area contributed by atoms with Crippen molar-refractivity contribution in [2.45, 2.75) is 12.8 Å². The predicted molar refractivity (Wildman–Crippen MR) is 45.7 cm³/mol. The molecule has 1 aromatic rings. The minimum atomic E-state index is -5.35. The molecule has 0 saturated heterocycles. The van der Waals surface area contributed by atoms with Crippen LogP contribution in [0, 0.1) is 0 Å². The number of carboxylic acids is 1. The fourth-order valence-electron chi connectivity index (χ4n) is 1.06. The Morgan fingerprint density at radius 2 is 1.94 bits per heavy atom. The van der Waals surface area contributed by atoms with E-state index >= 15 is 0 Å². The molecule has 18 heavy (non-hydrogen) atoms. The summed E-state index contributed by atoms with van der Waals surface area (Å²) in [5.74, 6) is -3.45. The molecule has 0 spiro atoms. The van der Waals surface area contributed by atoms with Gasteiger partial charge in [-0.3, -0.25) is 4.79 Å². The molecule has 10 heteroatoms. The van der Waals surface area contributed by atoms with E-state index in [2.05, 4.69) is 4.74 Å². The van der Waals surface area contributed by atoms with Crippen LogP contribution in [0.1, 0.15) is 22.6 Å². The van der Waals surface area contributed by atoms with Crippen molar-refractivity contribution in [3.05, 3.63) is 27.7 Å². The Morgan fingerprint density at radius 1 is 1.39 bits per heavy atom. The first-order valence-corrected chi connectivity index (χ1v) is 4.16. The van der Waals surface area contributed by atoms with E-state index in [1.807, 2.05) is 0 Å². The highest BCUT2D eigenvalue weighted by Gasteiger charge is 2.35. The van der Waals surface area contributed by atoms with Gasteiger partial charge in [-0.2, -0.15) is 0 Å². The fourth-order valence-corrected chi connectivity index (χ4v) is 1.06. The van der Waals surface area contributed by atoms with Gasteiger partial charge in [0, 0.05) is 6.07 Å². The summed E-state index contributed by atoms with van der Waals surface area (Å²) in [5, 5.41) is 8.46. The summed E-state index contributed by atoms with van der Waals surface area (Å²) in [6.07, 6.45) is -8.88. The van der Waals surface area contributed by atoms with Crippen LogP contribution in [0.3, 0.4) is 0 Å². The van der Waals surface area contributed by atoms with Crippen LogP contribution in [0.4, 0.5) is 22.0 Å². The smallest absolute Gasteiger partial charge is 0.477 e. The van der Waals surface area contributed by atoms with Gasteiger partial charge in [-0.15, -0.1) is 13.2 Å². The number of hydrogen-bond donors (Lipinski definition) is 2. The molecule has 2 N–H and O–H groups in total. The van der Waals surface area contributed by atoms with Crippen LogP contribution < -0.4 is 10.2 Å². The number of ether oxygens (including phenoxy) is 1. The molecule has 0 aliphatic carbocycles. The summed E-state index contributed by atoms with van der Waals surface area (Å²) in [7, 11) is 0. The molecule has 0 unspecified atom stereocenters. The molecule has 0 aromatic carbocycles. The highest BCUT2D eigenvalue weighted by atomic mass is 19.4. The lowest BCUT2D eigenvalue weighted by atomic mass is 10.2. The predicted octanol–water partition coefficient (Wildman–Crippen LogP) is 1.91. The molecule has 1 aromatic heterocycles. The Bertz CT molecular complexity index is 521. The van der Waals surface area contributed by atoms with Crippen molar-refractivity contribution in [3.63, 3.8) is 0 Å². The van der Waals surface area contributed by atoms with Crippen molar-refractivity contribution in [1.29, 1.82) is 0 Å². The first-order valence-electron chi connectivity index (χ1n) is 4.16. The maximum atomic E-state index is 12.4. The number of nitrogens with one attached hydrogen (secondary N) is 1. The van der Waals surface area contributed by atoms with Gasteiger partial charge in [-0.25, -0.2) is 13.6 Å². The summed E-state index contributed by atoms with van der Waals surface area (Å²) in [4.78, 5) is 23.1. The molecule has 0 saturated carbocycles. The third kappa shape index (κ3) is 3.18. The Hall–Kier alpha value is -2.13. The molecular formula is C8H4F5NO4. The lowest BCUT2D eigenvalue weighted by Gasteiger charge is -2.12. The molecule has 1 rings (SSSR count). The number of aromatic amines is 1. The average Bonchev–Trinajstić information content (AvgIpc) is 2.18. The number of hydrogen-bond acceptors (Lipinski definition) is 3. The number of alkyl halides is 5. The van der Waals surface area contributed by atoms with Gasteiger partial charge < -0.3 is 14.8 Å². The zero-order chi connectivity index (χ0) is 14.1. The second-order valence-corrected chi connectivity index (χ2v) is 2.94.